The van der Waals surface area contributed by atoms with E-state index in [4.69, 9.17) is 16.0 Å². The summed E-state index contributed by atoms with van der Waals surface area (Å²) in [4.78, 5) is 0. The predicted octanol–water partition coefficient (Wildman–Crippen LogP) is 4.37. The van der Waals surface area contributed by atoms with Crippen molar-refractivity contribution in [2.75, 3.05) is 7.05 Å². The average molecular weight is 278 g/mol. The molecule has 1 heterocycles. The average Bonchev–Trinajstić information content (AvgIpc) is 2.86. The monoisotopic (exact) mass is 277 g/mol. The quantitative estimate of drug-likeness (QED) is 0.878. The van der Waals surface area contributed by atoms with Gasteiger partial charge in [-0.15, -0.1) is 0 Å². The topological polar surface area (TPSA) is 25.2 Å². The van der Waals surface area contributed by atoms with E-state index in [9.17, 15) is 0 Å². The normalized spacial score (nSPS) is 12.6. The minimum absolute atomic E-state index is 0.0451. The van der Waals surface area contributed by atoms with E-state index in [2.05, 4.69) is 37.4 Å². The van der Waals surface area contributed by atoms with E-state index in [1.54, 1.807) is 6.07 Å². The molecule has 0 fully saturated rings. The lowest BCUT2D eigenvalue weighted by atomic mass is 9.96. The van der Waals surface area contributed by atoms with E-state index in [0.717, 1.165) is 18.6 Å². The van der Waals surface area contributed by atoms with Crippen molar-refractivity contribution in [3.8, 4) is 0 Å². The first-order valence-corrected chi connectivity index (χ1v) is 7.11. The lowest BCUT2D eigenvalue weighted by molar-refractivity contribution is 0.464. The minimum Gasteiger partial charge on any atom is -0.448 e. The van der Waals surface area contributed by atoms with Gasteiger partial charge in [-0.1, -0.05) is 32.0 Å². The molecule has 2 nitrogen and oxygen atoms in total. The van der Waals surface area contributed by atoms with Gasteiger partial charge in [0.05, 0.1) is 6.04 Å². The second-order valence-corrected chi connectivity index (χ2v) is 4.97. The van der Waals surface area contributed by atoms with Crippen LogP contribution in [0, 0.1) is 0 Å². The molecule has 0 aliphatic carbocycles. The van der Waals surface area contributed by atoms with Gasteiger partial charge in [0.15, 0.2) is 5.22 Å². The number of aryl methyl sites for hydroxylation is 2. The Morgan fingerprint density at radius 2 is 1.84 bits per heavy atom. The van der Waals surface area contributed by atoms with Gasteiger partial charge in [-0.25, -0.2) is 0 Å². The molecule has 0 spiro atoms. The highest BCUT2D eigenvalue weighted by Crippen LogP contribution is 2.27. The zero-order valence-corrected chi connectivity index (χ0v) is 12.4. The lowest BCUT2D eigenvalue weighted by Crippen LogP contribution is -2.17. The molecule has 2 aromatic rings. The highest BCUT2D eigenvalue weighted by molar-refractivity contribution is 6.28. The van der Waals surface area contributed by atoms with Gasteiger partial charge in [0.25, 0.3) is 0 Å². The molecule has 0 aliphatic rings. The summed E-state index contributed by atoms with van der Waals surface area (Å²) in [6.07, 6.45) is 2.12. The lowest BCUT2D eigenvalue weighted by Gasteiger charge is -2.16. The molecule has 0 saturated heterocycles. The number of hydrogen-bond donors (Lipinski definition) is 1. The van der Waals surface area contributed by atoms with Crippen LogP contribution in [0.3, 0.4) is 0 Å². The summed E-state index contributed by atoms with van der Waals surface area (Å²) in [5.41, 5.74) is 4.03. The van der Waals surface area contributed by atoms with Crippen LogP contribution in [0.1, 0.15) is 42.3 Å². The van der Waals surface area contributed by atoms with Crippen molar-refractivity contribution >= 4 is 11.6 Å². The van der Waals surface area contributed by atoms with Gasteiger partial charge < -0.3 is 9.73 Å². The van der Waals surface area contributed by atoms with Crippen LogP contribution in [0.2, 0.25) is 5.22 Å². The molecule has 0 saturated carbocycles. The number of halogens is 1. The summed E-state index contributed by atoms with van der Waals surface area (Å²) in [7, 11) is 1.93. The minimum atomic E-state index is 0.0451. The van der Waals surface area contributed by atoms with Crippen LogP contribution in [0.25, 0.3) is 0 Å². The summed E-state index contributed by atoms with van der Waals surface area (Å²) in [6, 6.07) is 10.4. The molecule has 2 rings (SSSR count). The Hall–Kier alpha value is -1.25. The molecule has 1 aromatic heterocycles. The first-order chi connectivity index (χ1) is 9.19. The maximum Gasteiger partial charge on any atom is 0.193 e. The Morgan fingerprint density at radius 1 is 1.11 bits per heavy atom. The van der Waals surface area contributed by atoms with Crippen LogP contribution in [0.15, 0.2) is 34.7 Å². The number of nitrogens with one attached hydrogen (secondary N) is 1. The van der Waals surface area contributed by atoms with Gasteiger partial charge in [-0.2, -0.15) is 0 Å². The fraction of sp³-hybridized carbons (Fsp3) is 0.375. The Kier molecular flexibility index (Phi) is 4.67. The van der Waals surface area contributed by atoms with Gasteiger partial charge >= 0.3 is 0 Å². The van der Waals surface area contributed by atoms with E-state index in [1.165, 1.54) is 16.7 Å². The van der Waals surface area contributed by atoms with Gasteiger partial charge in [-0.05, 0) is 60.3 Å². The van der Waals surface area contributed by atoms with Crippen LogP contribution in [-0.4, -0.2) is 7.05 Å². The van der Waals surface area contributed by atoms with E-state index < -0.39 is 0 Å². The van der Waals surface area contributed by atoms with Gasteiger partial charge in [-0.3, -0.25) is 0 Å². The van der Waals surface area contributed by atoms with Crippen molar-refractivity contribution in [1.82, 2.24) is 5.32 Å². The molecule has 1 aromatic carbocycles. The Bertz CT molecular complexity index is 547. The molecule has 3 heteroatoms. The van der Waals surface area contributed by atoms with Crippen molar-refractivity contribution in [1.29, 1.82) is 0 Å². The standard InChI is InChI=1S/C16H20ClNO/c1-4-11-6-7-13(10-12(11)5-2)16(18-3)14-8-9-15(17)19-14/h6-10,16,18H,4-5H2,1-3H3. The third-order valence-corrected chi connectivity index (χ3v) is 3.70. The SMILES string of the molecule is CCc1ccc(C(NC)c2ccc(Cl)o2)cc1CC. The van der Waals surface area contributed by atoms with Crippen LogP contribution in [-0.2, 0) is 12.8 Å². The van der Waals surface area contributed by atoms with E-state index in [-0.39, 0.29) is 6.04 Å². The van der Waals surface area contributed by atoms with E-state index in [0.29, 0.717) is 5.22 Å². The molecule has 1 N–H and O–H groups in total. The number of hydrogen-bond acceptors (Lipinski definition) is 2. The third kappa shape index (κ3) is 3.02. The maximum absolute atomic E-state index is 5.86. The van der Waals surface area contributed by atoms with Crippen molar-refractivity contribution in [2.24, 2.45) is 0 Å². The molecule has 0 amide bonds. The van der Waals surface area contributed by atoms with Crippen LogP contribution in [0.4, 0.5) is 0 Å². The van der Waals surface area contributed by atoms with E-state index >= 15 is 0 Å². The Morgan fingerprint density at radius 3 is 2.37 bits per heavy atom. The molecule has 0 aliphatic heterocycles. The fourth-order valence-electron chi connectivity index (χ4n) is 2.46. The Labute approximate surface area is 119 Å². The smallest absolute Gasteiger partial charge is 0.193 e. The number of furan rings is 1. The zero-order chi connectivity index (χ0) is 13.8. The van der Waals surface area contributed by atoms with Crippen molar-refractivity contribution in [3.63, 3.8) is 0 Å². The number of benzene rings is 1. The number of rotatable bonds is 5. The van der Waals surface area contributed by atoms with Gasteiger partial charge in [0.1, 0.15) is 5.76 Å². The van der Waals surface area contributed by atoms with Crippen LogP contribution in [0.5, 0.6) is 0 Å². The highest BCUT2D eigenvalue weighted by Gasteiger charge is 2.16. The molecular formula is C16H20ClNO. The third-order valence-electron chi connectivity index (χ3n) is 3.49. The van der Waals surface area contributed by atoms with Crippen molar-refractivity contribution in [2.45, 2.75) is 32.7 Å². The van der Waals surface area contributed by atoms with Gasteiger partial charge in [0.2, 0.25) is 0 Å². The fourth-order valence-corrected chi connectivity index (χ4v) is 2.61. The first kappa shape index (κ1) is 14.2. The molecule has 102 valence electrons. The zero-order valence-electron chi connectivity index (χ0n) is 11.7. The molecule has 0 bridgehead atoms. The summed E-state index contributed by atoms with van der Waals surface area (Å²) >= 11 is 5.86. The summed E-state index contributed by atoms with van der Waals surface area (Å²) in [6.45, 7) is 4.38. The second-order valence-electron chi connectivity index (χ2n) is 4.60. The van der Waals surface area contributed by atoms with Crippen molar-refractivity contribution in [3.05, 3.63) is 58.0 Å². The first-order valence-electron chi connectivity index (χ1n) is 6.73. The molecule has 1 atom stereocenters. The summed E-state index contributed by atoms with van der Waals surface area (Å²) < 4.78 is 5.52. The van der Waals surface area contributed by atoms with E-state index in [1.807, 2.05) is 13.1 Å². The molecule has 1 unspecified atom stereocenters. The predicted molar refractivity (Wildman–Crippen MR) is 79.8 cm³/mol. The second kappa shape index (κ2) is 6.27. The largest absolute Gasteiger partial charge is 0.448 e. The molecular weight excluding hydrogens is 258 g/mol. The Balaban J connectivity index is 2.38. The summed E-state index contributed by atoms with van der Waals surface area (Å²) in [5, 5.41) is 3.71. The highest BCUT2D eigenvalue weighted by atomic mass is 35.5. The van der Waals surface area contributed by atoms with Crippen molar-refractivity contribution < 1.29 is 4.42 Å². The molecule has 0 radical (unpaired) electrons. The summed E-state index contributed by atoms with van der Waals surface area (Å²) in [5.74, 6) is 0.846. The van der Waals surface area contributed by atoms with Crippen LogP contribution >= 0.6 is 11.6 Å². The molecule has 19 heavy (non-hydrogen) atoms. The maximum atomic E-state index is 5.86. The van der Waals surface area contributed by atoms with Gasteiger partial charge in [0, 0.05) is 0 Å². The van der Waals surface area contributed by atoms with Crippen LogP contribution < -0.4 is 5.32 Å².